The smallest absolute Gasteiger partial charge is 0.250 e. The standard InChI is InChI=1S/C24H23N7OS/c1-30(2)20-10-8-18(9-11-20)16-26-27-22(32)17-33-24-29-28-23(19-12-14-25-15-13-19)31(24)21-6-4-3-5-7-21/h3-16H,17H2,1-2H3,(H,27,32)/b26-16-. The second-order valence-electron chi connectivity index (χ2n) is 7.28. The lowest BCUT2D eigenvalue weighted by molar-refractivity contribution is -0.118. The van der Waals surface area contributed by atoms with E-state index < -0.39 is 0 Å². The molecule has 0 fully saturated rings. The van der Waals surface area contributed by atoms with Gasteiger partial charge >= 0.3 is 0 Å². The van der Waals surface area contributed by atoms with Crippen molar-refractivity contribution in [3.63, 3.8) is 0 Å². The molecule has 1 amide bonds. The van der Waals surface area contributed by atoms with E-state index in [9.17, 15) is 4.79 Å². The zero-order valence-corrected chi connectivity index (χ0v) is 19.1. The predicted molar refractivity (Wildman–Crippen MR) is 132 cm³/mol. The molecule has 0 aliphatic heterocycles. The molecular formula is C24H23N7OS. The number of carbonyl (C=O) groups excluding carboxylic acids is 1. The van der Waals surface area contributed by atoms with Crippen LogP contribution in [0, 0.1) is 0 Å². The van der Waals surface area contributed by atoms with Crippen molar-refractivity contribution in [3.05, 3.63) is 84.7 Å². The van der Waals surface area contributed by atoms with Crippen LogP contribution in [0.4, 0.5) is 5.69 Å². The van der Waals surface area contributed by atoms with Gasteiger partial charge in [0, 0.05) is 43.4 Å². The largest absolute Gasteiger partial charge is 0.378 e. The Kier molecular flexibility index (Phi) is 7.11. The van der Waals surface area contributed by atoms with Gasteiger partial charge in [0.05, 0.1) is 12.0 Å². The fraction of sp³-hybridized carbons (Fsp3) is 0.125. The van der Waals surface area contributed by atoms with Crippen LogP contribution in [0.1, 0.15) is 5.56 Å². The molecule has 8 nitrogen and oxygen atoms in total. The molecule has 4 rings (SSSR count). The lowest BCUT2D eigenvalue weighted by Gasteiger charge is -2.11. The number of para-hydroxylation sites is 1. The number of nitrogens with zero attached hydrogens (tertiary/aromatic N) is 6. The zero-order valence-electron chi connectivity index (χ0n) is 18.3. The van der Waals surface area contributed by atoms with Gasteiger partial charge < -0.3 is 4.90 Å². The van der Waals surface area contributed by atoms with Gasteiger partial charge in [-0.05, 0) is 42.0 Å². The monoisotopic (exact) mass is 457 g/mol. The first-order valence-corrected chi connectivity index (χ1v) is 11.2. The highest BCUT2D eigenvalue weighted by molar-refractivity contribution is 7.99. The number of carbonyl (C=O) groups is 1. The van der Waals surface area contributed by atoms with Crippen molar-refractivity contribution in [1.82, 2.24) is 25.2 Å². The number of hydrazone groups is 1. The van der Waals surface area contributed by atoms with E-state index in [2.05, 4.69) is 25.7 Å². The van der Waals surface area contributed by atoms with Gasteiger partial charge in [-0.3, -0.25) is 14.3 Å². The van der Waals surface area contributed by atoms with Crippen LogP contribution in [-0.4, -0.2) is 51.7 Å². The summed E-state index contributed by atoms with van der Waals surface area (Å²) in [5.74, 6) is 0.609. The molecule has 0 saturated heterocycles. The number of pyridine rings is 1. The van der Waals surface area contributed by atoms with E-state index in [4.69, 9.17) is 0 Å². The Balaban J connectivity index is 1.44. The highest BCUT2D eigenvalue weighted by Gasteiger charge is 2.17. The van der Waals surface area contributed by atoms with Crippen LogP contribution < -0.4 is 10.3 Å². The third-order valence-corrected chi connectivity index (χ3v) is 5.66. The van der Waals surface area contributed by atoms with E-state index >= 15 is 0 Å². The van der Waals surface area contributed by atoms with Gasteiger partial charge in [-0.2, -0.15) is 5.10 Å². The number of rotatable bonds is 8. The van der Waals surface area contributed by atoms with Crippen LogP contribution >= 0.6 is 11.8 Å². The molecule has 1 N–H and O–H groups in total. The van der Waals surface area contributed by atoms with Gasteiger partial charge in [0.15, 0.2) is 11.0 Å². The number of nitrogens with one attached hydrogen (secondary N) is 1. The van der Waals surface area contributed by atoms with E-state index in [0.717, 1.165) is 22.5 Å². The van der Waals surface area contributed by atoms with Crippen molar-refractivity contribution < 1.29 is 4.79 Å². The Morgan fingerprint density at radius 2 is 1.76 bits per heavy atom. The molecule has 0 atom stereocenters. The van der Waals surface area contributed by atoms with E-state index in [1.807, 2.05) is 90.3 Å². The van der Waals surface area contributed by atoms with Crippen LogP contribution in [0.3, 0.4) is 0 Å². The molecule has 0 saturated carbocycles. The minimum atomic E-state index is -0.228. The summed E-state index contributed by atoms with van der Waals surface area (Å²) in [6, 6.07) is 21.4. The SMILES string of the molecule is CN(C)c1ccc(/C=N\NC(=O)CSc2nnc(-c3ccncc3)n2-c2ccccc2)cc1. The fourth-order valence-electron chi connectivity index (χ4n) is 3.06. The normalized spacial score (nSPS) is 11.0. The van der Waals surface area contributed by atoms with Crippen LogP contribution in [0.15, 0.2) is 89.4 Å². The lowest BCUT2D eigenvalue weighted by atomic mass is 10.2. The second kappa shape index (κ2) is 10.6. The second-order valence-corrected chi connectivity index (χ2v) is 8.22. The summed E-state index contributed by atoms with van der Waals surface area (Å²) in [6.45, 7) is 0. The summed E-state index contributed by atoms with van der Waals surface area (Å²) < 4.78 is 1.93. The van der Waals surface area contributed by atoms with E-state index in [0.29, 0.717) is 11.0 Å². The van der Waals surface area contributed by atoms with Crippen molar-refractivity contribution in [2.75, 3.05) is 24.7 Å². The van der Waals surface area contributed by atoms with Crippen molar-refractivity contribution >= 4 is 29.6 Å². The van der Waals surface area contributed by atoms with Crippen LogP contribution in [-0.2, 0) is 4.79 Å². The molecule has 0 spiro atoms. The third-order valence-electron chi connectivity index (χ3n) is 4.73. The number of aromatic nitrogens is 4. The van der Waals surface area contributed by atoms with Crippen LogP contribution in [0.2, 0.25) is 0 Å². The molecule has 2 aromatic heterocycles. The molecule has 0 unspecified atom stereocenters. The number of anilines is 1. The molecule has 0 bridgehead atoms. The van der Waals surface area contributed by atoms with Crippen LogP contribution in [0.5, 0.6) is 0 Å². The van der Waals surface area contributed by atoms with Crippen molar-refractivity contribution in [2.45, 2.75) is 5.16 Å². The fourth-order valence-corrected chi connectivity index (χ4v) is 3.81. The van der Waals surface area contributed by atoms with E-state index in [-0.39, 0.29) is 11.7 Å². The van der Waals surface area contributed by atoms with Crippen molar-refractivity contribution in [2.24, 2.45) is 5.10 Å². The summed E-state index contributed by atoms with van der Waals surface area (Å²) in [7, 11) is 3.97. The summed E-state index contributed by atoms with van der Waals surface area (Å²) >= 11 is 1.30. The topological polar surface area (TPSA) is 88.3 Å². The average molecular weight is 458 g/mol. The maximum atomic E-state index is 12.4. The predicted octanol–water partition coefficient (Wildman–Crippen LogP) is 3.64. The first-order chi connectivity index (χ1) is 16.1. The molecule has 0 aliphatic rings. The van der Waals surface area contributed by atoms with Gasteiger partial charge in [0.25, 0.3) is 5.91 Å². The Hall–Kier alpha value is -3.98. The Labute approximate surface area is 196 Å². The Morgan fingerprint density at radius 1 is 1.03 bits per heavy atom. The quantitative estimate of drug-likeness (QED) is 0.247. The summed E-state index contributed by atoms with van der Waals surface area (Å²) in [5, 5.41) is 13.4. The molecule has 166 valence electrons. The van der Waals surface area contributed by atoms with Gasteiger partial charge in [-0.15, -0.1) is 10.2 Å². The minimum Gasteiger partial charge on any atom is -0.378 e. The third kappa shape index (κ3) is 5.64. The molecule has 33 heavy (non-hydrogen) atoms. The molecule has 9 heteroatoms. The zero-order chi connectivity index (χ0) is 23.0. The maximum absolute atomic E-state index is 12.4. The Bertz CT molecular complexity index is 1220. The van der Waals surface area contributed by atoms with Gasteiger partial charge in [0.1, 0.15) is 0 Å². The number of thioether (sulfide) groups is 1. The highest BCUT2D eigenvalue weighted by Crippen LogP contribution is 2.27. The van der Waals surface area contributed by atoms with E-state index in [1.165, 1.54) is 11.8 Å². The number of amides is 1. The first-order valence-electron chi connectivity index (χ1n) is 10.2. The summed E-state index contributed by atoms with van der Waals surface area (Å²) in [6.07, 6.45) is 5.05. The van der Waals surface area contributed by atoms with E-state index in [1.54, 1.807) is 18.6 Å². The van der Waals surface area contributed by atoms with Gasteiger partial charge in [-0.25, -0.2) is 5.43 Å². The number of hydrogen-bond donors (Lipinski definition) is 1. The molecule has 2 aromatic carbocycles. The van der Waals surface area contributed by atoms with Gasteiger partial charge in [-0.1, -0.05) is 42.1 Å². The first kappa shape index (κ1) is 22.2. The summed E-state index contributed by atoms with van der Waals surface area (Å²) in [4.78, 5) is 18.4. The Morgan fingerprint density at radius 3 is 2.45 bits per heavy atom. The average Bonchev–Trinajstić information content (AvgIpc) is 3.28. The maximum Gasteiger partial charge on any atom is 0.250 e. The van der Waals surface area contributed by atoms with Crippen LogP contribution in [0.25, 0.3) is 17.1 Å². The molecule has 0 aliphatic carbocycles. The highest BCUT2D eigenvalue weighted by atomic mass is 32.2. The van der Waals surface area contributed by atoms with Crippen molar-refractivity contribution in [1.29, 1.82) is 0 Å². The van der Waals surface area contributed by atoms with Crippen molar-refractivity contribution in [3.8, 4) is 17.1 Å². The molecular weight excluding hydrogens is 434 g/mol. The lowest BCUT2D eigenvalue weighted by Crippen LogP contribution is -2.20. The molecule has 0 radical (unpaired) electrons. The number of benzene rings is 2. The van der Waals surface area contributed by atoms with Gasteiger partial charge in [0.2, 0.25) is 0 Å². The number of hydrogen-bond acceptors (Lipinski definition) is 7. The minimum absolute atomic E-state index is 0.151. The molecule has 2 heterocycles. The molecule has 4 aromatic rings. The summed E-state index contributed by atoms with van der Waals surface area (Å²) in [5.41, 5.74) is 6.38.